The van der Waals surface area contributed by atoms with Crippen LogP contribution in [0.3, 0.4) is 0 Å². The molecule has 0 unspecified atom stereocenters. The number of halogens is 1. The topological polar surface area (TPSA) is 20.3 Å². The summed E-state index contributed by atoms with van der Waals surface area (Å²) in [4.78, 5) is 10.9. The van der Waals surface area contributed by atoms with Crippen LogP contribution >= 0.6 is 11.8 Å². The Morgan fingerprint density at radius 2 is 2.22 bits per heavy atom. The number of hydrogen-bond acceptors (Lipinski definition) is 1. The fourth-order valence-electron chi connectivity index (χ4n) is 0.907. The molecule has 1 amide bonds. The molecule has 0 aromatic rings. The van der Waals surface area contributed by atoms with E-state index in [0.29, 0.717) is 0 Å². The highest BCUT2D eigenvalue weighted by Gasteiger charge is 2.26. The fourth-order valence-corrected chi connectivity index (χ4v) is 1.04. The SMILES string of the molecule is CN(Cl)C(=O)C1CCC1. The Bertz CT molecular complexity index is 120. The monoisotopic (exact) mass is 147 g/mol. The lowest BCUT2D eigenvalue weighted by Crippen LogP contribution is -2.30. The van der Waals surface area contributed by atoms with Gasteiger partial charge in [-0.1, -0.05) is 6.42 Å². The molecule has 0 spiro atoms. The van der Waals surface area contributed by atoms with Crippen LogP contribution in [-0.4, -0.2) is 17.4 Å². The first kappa shape index (κ1) is 6.87. The number of nitrogens with zero attached hydrogens (tertiary/aromatic N) is 1. The molecule has 1 rings (SSSR count). The highest BCUT2D eigenvalue weighted by atomic mass is 35.5. The summed E-state index contributed by atoms with van der Waals surface area (Å²) in [5, 5.41) is 0. The van der Waals surface area contributed by atoms with Crippen LogP contribution in [0.4, 0.5) is 0 Å². The van der Waals surface area contributed by atoms with Gasteiger partial charge in [0, 0.05) is 24.7 Å². The number of hydrogen-bond donors (Lipinski definition) is 0. The van der Waals surface area contributed by atoms with Crippen molar-refractivity contribution in [3.63, 3.8) is 0 Å². The molecular formula is C6H10ClNO. The number of amides is 1. The van der Waals surface area contributed by atoms with Crippen molar-refractivity contribution in [1.82, 2.24) is 4.42 Å². The van der Waals surface area contributed by atoms with Gasteiger partial charge in [-0.2, -0.15) is 0 Å². The Hall–Kier alpha value is -0.240. The fraction of sp³-hybridized carbons (Fsp3) is 0.833. The van der Waals surface area contributed by atoms with Crippen molar-refractivity contribution >= 4 is 17.7 Å². The predicted octanol–water partition coefficient (Wildman–Crippen LogP) is 1.40. The summed E-state index contributed by atoms with van der Waals surface area (Å²) in [5.41, 5.74) is 0. The minimum atomic E-state index is 0.0721. The lowest BCUT2D eigenvalue weighted by molar-refractivity contribution is -0.132. The van der Waals surface area contributed by atoms with Crippen molar-refractivity contribution in [3.8, 4) is 0 Å². The molecule has 0 N–H and O–H groups in total. The van der Waals surface area contributed by atoms with Gasteiger partial charge in [0.2, 0.25) is 5.91 Å². The quantitative estimate of drug-likeness (QED) is 0.514. The normalized spacial score (nSPS) is 18.9. The van der Waals surface area contributed by atoms with Gasteiger partial charge in [0.15, 0.2) is 0 Å². The Morgan fingerprint density at radius 3 is 2.33 bits per heavy atom. The molecule has 1 aliphatic rings. The zero-order chi connectivity index (χ0) is 6.85. The summed E-state index contributed by atoms with van der Waals surface area (Å²) in [6.45, 7) is 0. The molecule has 0 aliphatic heterocycles. The molecule has 9 heavy (non-hydrogen) atoms. The summed E-state index contributed by atoms with van der Waals surface area (Å²) < 4.78 is 1.16. The van der Waals surface area contributed by atoms with Crippen LogP contribution in [0.1, 0.15) is 19.3 Å². The van der Waals surface area contributed by atoms with Gasteiger partial charge in [-0.15, -0.1) is 0 Å². The summed E-state index contributed by atoms with van der Waals surface area (Å²) in [6, 6.07) is 0. The first-order valence-electron chi connectivity index (χ1n) is 3.15. The van der Waals surface area contributed by atoms with Crippen LogP contribution in [0.15, 0.2) is 0 Å². The van der Waals surface area contributed by atoms with E-state index in [4.69, 9.17) is 11.8 Å². The average Bonchev–Trinajstić information content (AvgIpc) is 1.60. The van der Waals surface area contributed by atoms with Gasteiger partial charge in [0.25, 0.3) is 0 Å². The molecule has 2 nitrogen and oxygen atoms in total. The van der Waals surface area contributed by atoms with Crippen molar-refractivity contribution in [1.29, 1.82) is 0 Å². The zero-order valence-electron chi connectivity index (χ0n) is 5.43. The largest absolute Gasteiger partial charge is 0.273 e. The van der Waals surface area contributed by atoms with Crippen molar-refractivity contribution in [2.24, 2.45) is 5.92 Å². The van der Waals surface area contributed by atoms with E-state index in [1.165, 1.54) is 6.42 Å². The van der Waals surface area contributed by atoms with Crippen LogP contribution < -0.4 is 0 Å². The van der Waals surface area contributed by atoms with E-state index in [-0.39, 0.29) is 11.8 Å². The highest BCUT2D eigenvalue weighted by Crippen LogP contribution is 2.28. The zero-order valence-corrected chi connectivity index (χ0v) is 6.19. The number of carbonyl (C=O) groups is 1. The van der Waals surface area contributed by atoms with Crippen LogP contribution in [0.25, 0.3) is 0 Å². The molecule has 0 aromatic carbocycles. The lowest BCUT2D eigenvalue weighted by Gasteiger charge is -2.25. The number of rotatable bonds is 1. The molecule has 52 valence electrons. The van der Waals surface area contributed by atoms with Gasteiger partial charge in [-0.3, -0.25) is 9.21 Å². The third kappa shape index (κ3) is 1.36. The summed E-state index contributed by atoms with van der Waals surface area (Å²) in [7, 11) is 1.59. The second-order valence-corrected chi connectivity index (χ2v) is 2.95. The van der Waals surface area contributed by atoms with E-state index in [2.05, 4.69) is 0 Å². The van der Waals surface area contributed by atoms with Crippen LogP contribution in [0.2, 0.25) is 0 Å². The molecule has 1 fully saturated rings. The van der Waals surface area contributed by atoms with E-state index >= 15 is 0 Å². The van der Waals surface area contributed by atoms with Crippen LogP contribution in [0, 0.1) is 5.92 Å². The second-order valence-electron chi connectivity index (χ2n) is 2.44. The molecule has 3 heteroatoms. The summed E-state index contributed by atoms with van der Waals surface area (Å²) in [6.07, 6.45) is 3.23. The molecule has 0 heterocycles. The smallest absolute Gasteiger partial charge is 0.239 e. The third-order valence-corrected chi connectivity index (χ3v) is 1.92. The van der Waals surface area contributed by atoms with Crippen molar-refractivity contribution in [3.05, 3.63) is 0 Å². The standard InChI is InChI=1S/C6H10ClNO/c1-8(7)6(9)5-3-2-4-5/h5H,2-4H2,1H3. The minimum absolute atomic E-state index is 0.0721. The molecule has 1 saturated carbocycles. The Labute approximate surface area is 59.9 Å². The van der Waals surface area contributed by atoms with Crippen molar-refractivity contribution < 1.29 is 4.79 Å². The van der Waals surface area contributed by atoms with E-state index in [1.807, 2.05) is 0 Å². The maximum Gasteiger partial charge on any atom is 0.239 e. The average molecular weight is 148 g/mol. The second kappa shape index (κ2) is 2.56. The van der Waals surface area contributed by atoms with Gasteiger partial charge >= 0.3 is 0 Å². The predicted molar refractivity (Wildman–Crippen MR) is 36.0 cm³/mol. The molecule has 0 bridgehead atoms. The minimum Gasteiger partial charge on any atom is -0.273 e. The molecule has 0 radical (unpaired) electrons. The molecule has 0 saturated heterocycles. The molecule has 0 atom stereocenters. The van der Waals surface area contributed by atoms with E-state index < -0.39 is 0 Å². The van der Waals surface area contributed by atoms with Gasteiger partial charge in [-0.05, 0) is 12.8 Å². The van der Waals surface area contributed by atoms with E-state index in [0.717, 1.165) is 17.3 Å². The molecule has 0 aromatic heterocycles. The third-order valence-electron chi connectivity index (χ3n) is 1.76. The van der Waals surface area contributed by atoms with E-state index in [9.17, 15) is 4.79 Å². The van der Waals surface area contributed by atoms with Gasteiger partial charge in [0.1, 0.15) is 0 Å². The van der Waals surface area contributed by atoms with Gasteiger partial charge in [-0.25, -0.2) is 0 Å². The molecule has 1 aliphatic carbocycles. The van der Waals surface area contributed by atoms with Crippen LogP contribution in [0.5, 0.6) is 0 Å². The maximum absolute atomic E-state index is 10.9. The van der Waals surface area contributed by atoms with Gasteiger partial charge in [0.05, 0.1) is 0 Å². The Balaban J connectivity index is 2.32. The molecular weight excluding hydrogens is 138 g/mol. The lowest BCUT2D eigenvalue weighted by atomic mass is 9.85. The van der Waals surface area contributed by atoms with Crippen molar-refractivity contribution in [2.45, 2.75) is 19.3 Å². The van der Waals surface area contributed by atoms with Crippen molar-refractivity contribution in [2.75, 3.05) is 7.05 Å². The Morgan fingerprint density at radius 1 is 1.67 bits per heavy atom. The van der Waals surface area contributed by atoms with Crippen LogP contribution in [-0.2, 0) is 4.79 Å². The summed E-state index contributed by atoms with van der Waals surface area (Å²) in [5.74, 6) is 0.301. The Kier molecular flexibility index (Phi) is 1.96. The van der Waals surface area contributed by atoms with E-state index in [1.54, 1.807) is 7.05 Å². The highest BCUT2D eigenvalue weighted by molar-refractivity contribution is 6.21. The maximum atomic E-state index is 10.9. The van der Waals surface area contributed by atoms with Gasteiger partial charge < -0.3 is 0 Å². The first-order valence-corrected chi connectivity index (χ1v) is 3.49. The summed E-state index contributed by atoms with van der Waals surface area (Å²) >= 11 is 5.42. The number of carbonyl (C=O) groups excluding carboxylic acids is 1. The first-order chi connectivity index (χ1) is 4.22.